The highest BCUT2D eigenvalue weighted by Gasteiger charge is 2.70. The molecular formula is C23H18F3N3O3. The van der Waals surface area contributed by atoms with Crippen molar-refractivity contribution in [2.75, 3.05) is 9.80 Å². The smallest absolute Gasteiger partial charge is 0.406 e. The van der Waals surface area contributed by atoms with Gasteiger partial charge in [-0.15, -0.1) is 13.2 Å². The SMILES string of the molecule is Cc1ccc2c(N3C(=O)N(c4ccc(OC(F)(F)F)cc4)C(=O)C34CC4C)ccnc2c1. The fourth-order valence-corrected chi connectivity index (χ4v) is 4.45. The summed E-state index contributed by atoms with van der Waals surface area (Å²) in [6.45, 7) is 3.84. The number of halogens is 3. The van der Waals surface area contributed by atoms with E-state index in [1.165, 1.54) is 17.0 Å². The summed E-state index contributed by atoms with van der Waals surface area (Å²) in [5, 5.41) is 0.744. The number of hydrogen-bond donors (Lipinski definition) is 0. The van der Waals surface area contributed by atoms with Crippen LogP contribution in [0.4, 0.5) is 29.3 Å². The van der Waals surface area contributed by atoms with Gasteiger partial charge in [-0.2, -0.15) is 0 Å². The molecule has 32 heavy (non-hydrogen) atoms. The number of fused-ring (bicyclic) bond motifs is 1. The summed E-state index contributed by atoms with van der Waals surface area (Å²) in [5.41, 5.74) is 1.47. The molecule has 2 aromatic carbocycles. The van der Waals surface area contributed by atoms with Gasteiger partial charge >= 0.3 is 12.4 Å². The molecule has 9 heteroatoms. The number of nitrogens with zero attached hydrogens (tertiary/aromatic N) is 3. The highest BCUT2D eigenvalue weighted by molar-refractivity contribution is 6.32. The minimum absolute atomic E-state index is 0.0644. The molecule has 2 aliphatic rings. The molecule has 3 amide bonds. The van der Waals surface area contributed by atoms with E-state index in [0.29, 0.717) is 17.6 Å². The molecule has 1 saturated carbocycles. The van der Waals surface area contributed by atoms with Crippen LogP contribution in [0, 0.1) is 12.8 Å². The van der Waals surface area contributed by atoms with Crippen LogP contribution in [0.5, 0.6) is 5.75 Å². The van der Waals surface area contributed by atoms with Gasteiger partial charge in [-0.3, -0.25) is 14.7 Å². The molecule has 2 heterocycles. The van der Waals surface area contributed by atoms with Crippen LogP contribution in [0.3, 0.4) is 0 Å². The number of aromatic nitrogens is 1. The van der Waals surface area contributed by atoms with Crippen LogP contribution in [0.1, 0.15) is 18.9 Å². The first-order chi connectivity index (χ1) is 15.1. The van der Waals surface area contributed by atoms with Crippen molar-refractivity contribution < 1.29 is 27.5 Å². The molecule has 1 spiro atoms. The van der Waals surface area contributed by atoms with Crippen LogP contribution in [-0.4, -0.2) is 28.8 Å². The number of hydrogen-bond acceptors (Lipinski definition) is 4. The molecule has 2 fully saturated rings. The van der Waals surface area contributed by atoms with Gasteiger partial charge in [-0.1, -0.05) is 19.1 Å². The zero-order chi connectivity index (χ0) is 22.8. The van der Waals surface area contributed by atoms with E-state index in [2.05, 4.69) is 9.72 Å². The summed E-state index contributed by atoms with van der Waals surface area (Å²) < 4.78 is 41.3. The first kappa shape index (κ1) is 20.3. The number of carbonyl (C=O) groups is 2. The Morgan fingerprint density at radius 2 is 1.78 bits per heavy atom. The quantitative estimate of drug-likeness (QED) is 0.525. The number of rotatable bonds is 3. The fourth-order valence-electron chi connectivity index (χ4n) is 4.45. The largest absolute Gasteiger partial charge is 0.573 e. The normalized spacial score (nSPS) is 22.8. The number of pyridine rings is 1. The molecule has 1 aromatic heterocycles. The molecule has 2 atom stereocenters. The lowest BCUT2D eigenvalue weighted by Gasteiger charge is -2.23. The van der Waals surface area contributed by atoms with Crippen LogP contribution >= 0.6 is 0 Å². The average Bonchev–Trinajstić information content (AvgIpc) is 3.33. The number of aryl methyl sites for hydroxylation is 1. The Labute approximate surface area is 181 Å². The maximum Gasteiger partial charge on any atom is 0.573 e. The van der Waals surface area contributed by atoms with Gasteiger partial charge in [0.1, 0.15) is 11.3 Å². The minimum Gasteiger partial charge on any atom is -0.406 e. The van der Waals surface area contributed by atoms with E-state index >= 15 is 0 Å². The zero-order valence-corrected chi connectivity index (χ0v) is 17.2. The van der Waals surface area contributed by atoms with E-state index in [1.54, 1.807) is 12.3 Å². The molecule has 1 aliphatic carbocycles. The maximum atomic E-state index is 13.5. The monoisotopic (exact) mass is 441 g/mol. The number of imide groups is 1. The van der Waals surface area contributed by atoms with Crippen molar-refractivity contribution >= 4 is 34.2 Å². The van der Waals surface area contributed by atoms with Crippen molar-refractivity contribution in [1.82, 2.24) is 4.98 Å². The van der Waals surface area contributed by atoms with Gasteiger partial charge in [-0.05, 0) is 61.2 Å². The summed E-state index contributed by atoms with van der Waals surface area (Å²) in [7, 11) is 0. The third-order valence-corrected chi connectivity index (χ3v) is 6.07. The van der Waals surface area contributed by atoms with E-state index < -0.39 is 29.6 Å². The molecular weight excluding hydrogens is 423 g/mol. The summed E-state index contributed by atoms with van der Waals surface area (Å²) in [6, 6.07) is 11.6. The number of benzene rings is 2. The molecule has 3 aromatic rings. The lowest BCUT2D eigenvalue weighted by atomic mass is 10.1. The zero-order valence-electron chi connectivity index (χ0n) is 17.2. The first-order valence-electron chi connectivity index (χ1n) is 10.0. The third kappa shape index (κ3) is 2.99. The Hall–Kier alpha value is -3.62. The standard InChI is InChI=1S/C23H18F3N3O3/c1-13-3-8-17-18(11-13)27-10-9-19(17)29-21(31)28(20(30)22(29)12-14(22)2)15-4-6-16(7-5-15)32-23(24,25)26/h3-11,14H,12H2,1-2H3. The molecule has 2 unspecified atom stereocenters. The van der Waals surface area contributed by atoms with Crippen molar-refractivity contribution in [3.63, 3.8) is 0 Å². The van der Waals surface area contributed by atoms with Gasteiger partial charge in [0.15, 0.2) is 0 Å². The second-order valence-electron chi connectivity index (χ2n) is 8.18. The Balaban J connectivity index is 1.57. The van der Waals surface area contributed by atoms with Crippen molar-refractivity contribution in [2.45, 2.75) is 32.2 Å². The summed E-state index contributed by atoms with van der Waals surface area (Å²) >= 11 is 0. The number of carbonyl (C=O) groups excluding carboxylic acids is 2. The summed E-state index contributed by atoms with van der Waals surface area (Å²) in [4.78, 5) is 33.9. The van der Waals surface area contributed by atoms with E-state index in [4.69, 9.17) is 0 Å². The molecule has 1 saturated heterocycles. The van der Waals surface area contributed by atoms with Gasteiger partial charge in [0.05, 0.1) is 16.9 Å². The molecule has 1 aliphatic heterocycles. The Bertz CT molecular complexity index is 1260. The van der Waals surface area contributed by atoms with Crippen molar-refractivity contribution in [2.24, 2.45) is 5.92 Å². The minimum atomic E-state index is -4.83. The highest BCUT2D eigenvalue weighted by Crippen LogP contribution is 2.56. The second kappa shape index (κ2) is 6.69. The predicted molar refractivity (Wildman–Crippen MR) is 111 cm³/mol. The van der Waals surface area contributed by atoms with Crippen LogP contribution in [-0.2, 0) is 4.79 Å². The molecule has 5 rings (SSSR count). The predicted octanol–water partition coefficient (Wildman–Crippen LogP) is 5.19. The Morgan fingerprint density at radius 3 is 2.41 bits per heavy atom. The number of alkyl halides is 3. The van der Waals surface area contributed by atoms with Gasteiger partial charge in [-0.25, -0.2) is 9.69 Å². The van der Waals surface area contributed by atoms with Gasteiger partial charge in [0.25, 0.3) is 5.91 Å². The van der Waals surface area contributed by atoms with Crippen molar-refractivity contribution in [3.05, 3.63) is 60.3 Å². The highest BCUT2D eigenvalue weighted by atomic mass is 19.4. The topological polar surface area (TPSA) is 62.7 Å². The second-order valence-corrected chi connectivity index (χ2v) is 8.18. The molecule has 164 valence electrons. The van der Waals surface area contributed by atoms with Crippen LogP contribution in [0.25, 0.3) is 10.9 Å². The van der Waals surface area contributed by atoms with E-state index in [1.807, 2.05) is 32.0 Å². The first-order valence-corrected chi connectivity index (χ1v) is 10.0. The van der Waals surface area contributed by atoms with Crippen molar-refractivity contribution in [1.29, 1.82) is 0 Å². The Kier molecular flexibility index (Phi) is 4.24. The summed E-state index contributed by atoms with van der Waals surface area (Å²) in [5.74, 6) is -0.885. The molecule has 0 bridgehead atoms. The van der Waals surface area contributed by atoms with Crippen LogP contribution in [0.15, 0.2) is 54.7 Å². The number of urea groups is 1. The summed E-state index contributed by atoms with van der Waals surface area (Å²) in [6.07, 6.45) is -2.73. The number of amides is 3. The van der Waals surface area contributed by atoms with Gasteiger partial charge < -0.3 is 4.74 Å². The van der Waals surface area contributed by atoms with Gasteiger partial charge in [0, 0.05) is 11.6 Å². The number of anilines is 2. The van der Waals surface area contributed by atoms with Crippen LogP contribution in [0.2, 0.25) is 0 Å². The lowest BCUT2D eigenvalue weighted by Crippen LogP contribution is -2.39. The van der Waals surface area contributed by atoms with Gasteiger partial charge in [0.2, 0.25) is 0 Å². The van der Waals surface area contributed by atoms with Crippen LogP contribution < -0.4 is 14.5 Å². The lowest BCUT2D eigenvalue weighted by molar-refractivity contribution is -0.274. The van der Waals surface area contributed by atoms with E-state index in [9.17, 15) is 22.8 Å². The van der Waals surface area contributed by atoms with E-state index in [-0.39, 0.29) is 11.6 Å². The van der Waals surface area contributed by atoms with Crippen molar-refractivity contribution in [3.8, 4) is 5.75 Å². The maximum absolute atomic E-state index is 13.5. The Morgan fingerprint density at radius 1 is 1.09 bits per heavy atom. The fraction of sp³-hybridized carbons (Fsp3) is 0.261. The van der Waals surface area contributed by atoms with E-state index in [0.717, 1.165) is 28.0 Å². The molecule has 0 radical (unpaired) electrons. The number of ether oxygens (including phenoxy) is 1. The average molecular weight is 441 g/mol. The molecule has 6 nitrogen and oxygen atoms in total. The molecule has 0 N–H and O–H groups in total. The third-order valence-electron chi connectivity index (χ3n) is 6.07.